The number of benzene rings is 1. The lowest BCUT2D eigenvalue weighted by Gasteiger charge is -2.08. The van der Waals surface area contributed by atoms with Crippen LogP contribution in [0.3, 0.4) is 0 Å². The van der Waals surface area contributed by atoms with E-state index in [0.29, 0.717) is 6.54 Å². The largest absolute Gasteiger partial charge is 0.305 e. The van der Waals surface area contributed by atoms with Gasteiger partial charge in [-0.2, -0.15) is 5.26 Å². The smallest absolute Gasteiger partial charge is 0.0860 e. The second-order valence-corrected chi connectivity index (χ2v) is 2.64. The molecular formula is C10H12N2O. The minimum Gasteiger partial charge on any atom is -0.305 e. The van der Waals surface area contributed by atoms with Crippen LogP contribution in [-0.4, -0.2) is 13.7 Å². The van der Waals surface area contributed by atoms with Crippen LogP contribution in [0.4, 0.5) is 0 Å². The molecule has 0 saturated heterocycles. The molecule has 0 heterocycles. The highest BCUT2D eigenvalue weighted by Gasteiger charge is 2.08. The summed E-state index contributed by atoms with van der Waals surface area (Å²) >= 11 is 0. The Balaban J connectivity index is 2.63. The average molecular weight is 176 g/mol. The summed E-state index contributed by atoms with van der Waals surface area (Å²) in [7, 11) is 1.54. The van der Waals surface area contributed by atoms with E-state index in [9.17, 15) is 0 Å². The van der Waals surface area contributed by atoms with Gasteiger partial charge in [-0.1, -0.05) is 30.3 Å². The Hall–Kier alpha value is -1.37. The van der Waals surface area contributed by atoms with E-state index in [0.717, 1.165) is 5.56 Å². The molecule has 0 aliphatic rings. The number of nitrogens with one attached hydrogen (secondary N) is 1. The highest BCUT2D eigenvalue weighted by Crippen LogP contribution is 2.12. The van der Waals surface area contributed by atoms with E-state index in [2.05, 4.69) is 11.5 Å². The van der Waals surface area contributed by atoms with Crippen molar-refractivity contribution in [3.63, 3.8) is 0 Å². The van der Waals surface area contributed by atoms with Gasteiger partial charge in [0.1, 0.15) is 0 Å². The van der Waals surface area contributed by atoms with Gasteiger partial charge >= 0.3 is 0 Å². The van der Waals surface area contributed by atoms with E-state index in [-0.39, 0.29) is 5.92 Å². The molecule has 1 unspecified atom stereocenters. The highest BCUT2D eigenvalue weighted by molar-refractivity contribution is 5.24. The van der Waals surface area contributed by atoms with Crippen molar-refractivity contribution in [1.29, 1.82) is 5.26 Å². The zero-order valence-electron chi connectivity index (χ0n) is 7.53. The van der Waals surface area contributed by atoms with Crippen LogP contribution in [0.15, 0.2) is 30.3 Å². The predicted octanol–water partition coefficient (Wildman–Crippen LogP) is 1.44. The Labute approximate surface area is 77.9 Å². The van der Waals surface area contributed by atoms with E-state index in [1.165, 1.54) is 0 Å². The summed E-state index contributed by atoms with van der Waals surface area (Å²) in [6, 6.07) is 11.9. The third kappa shape index (κ3) is 2.86. The van der Waals surface area contributed by atoms with Crippen molar-refractivity contribution in [3.05, 3.63) is 35.9 Å². The second-order valence-electron chi connectivity index (χ2n) is 2.64. The number of hydrogen-bond donors (Lipinski definition) is 1. The SMILES string of the molecule is CONCC(C#N)c1ccccc1. The molecule has 0 bridgehead atoms. The van der Waals surface area contributed by atoms with Gasteiger partial charge in [-0.3, -0.25) is 0 Å². The average Bonchev–Trinajstić information content (AvgIpc) is 2.21. The first-order valence-corrected chi connectivity index (χ1v) is 4.09. The highest BCUT2D eigenvalue weighted by atomic mass is 16.6. The van der Waals surface area contributed by atoms with Gasteiger partial charge in [-0.15, -0.1) is 0 Å². The molecule has 1 aromatic rings. The van der Waals surface area contributed by atoms with E-state index >= 15 is 0 Å². The van der Waals surface area contributed by atoms with Crippen LogP contribution in [0, 0.1) is 11.3 Å². The van der Waals surface area contributed by atoms with Crippen LogP contribution in [0.5, 0.6) is 0 Å². The Bertz CT molecular complexity index is 279. The minimum absolute atomic E-state index is 0.152. The lowest BCUT2D eigenvalue weighted by Crippen LogP contribution is -2.19. The summed E-state index contributed by atoms with van der Waals surface area (Å²) in [4.78, 5) is 4.69. The van der Waals surface area contributed by atoms with Crippen LogP contribution in [0.25, 0.3) is 0 Å². The molecular weight excluding hydrogens is 164 g/mol. The van der Waals surface area contributed by atoms with Gasteiger partial charge in [0.2, 0.25) is 0 Å². The maximum atomic E-state index is 8.86. The fourth-order valence-corrected chi connectivity index (χ4v) is 1.09. The summed E-state index contributed by atoms with van der Waals surface area (Å²) in [5.74, 6) is -0.152. The van der Waals surface area contributed by atoms with E-state index in [4.69, 9.17) is 10.1 Å². The van der Waals surface area contributed by atoms with Crippen molar-refractivity contribution in [2.45, 2.75) is 5.92 Å². The van der Waals surface area contributed by atoms with Crippen LogP contribution >= 0.6 is 0 Å². The summed E-state index contributed by atoms with van der Waals surface area (Å²) in [5, 5.41) is 8.86. The lowest BCUT2D eigenvalue weighted by atomic mass is 10.0. The van der Waals surface area contributed by atoms with Gasteiger partial charge in [0.25, 0.3) is 0 Å². The fraction of sp³-hybridized carbons (Fsp3) is 0.300. The standard InChI is InChI=1S/C10H12N2O/c1-13-12-8-10(7-11)9-5-3-2-4-6-9/h2-6,10,12H,8H2,1H3. The Morgan fingerprint density at radius 2 is 2.15 bits per heavy atom. The second kappa shape index (κ2) is 5.31. The molecule has 3 nitrogen and oxygen atoms in total. The molecule has 0 radical (unpaired) electrons. The molecule has 13 heavy (non-hydrogen) atoms. The van der Waals surface area contributed by atoms with Gasteiger partial charge in [0.05, 0.1) is 19.1 Å². The minimum atomic E-state index is -0.152. The molecule has 1 atom stereocenters. The molecule has 3 heteroatoms. The molecule has 0 saturated carbocycles. The molecule has 1 rings (SSSR count). The van der Waals surface area contributed by atoms with E-state index in [1.807, 2.05) is 30.3 Å². The van der Waals surface area contributed by atoms with Gasteiger partial charge in [-0.05, 0) is 5.56 Å². The number of nitrogens with zero attached hydrogens (tertiary/aromatic N) is 1. The third-order valence-corrected chi connectivity index (χ3v) is 1.79. The quantitative estimate of drug-likeness (QED) is 0.706. The molecule has 0 aromatic heterocycles. The number of hydrogen-bond acceptors (Lipinski definition) is 3. The number of rotatable bonds is 4. The van der Waals surface area contributed by atoms with Gasteiger partial charge in [-0.25, -0.2) is 5.48 Å². The first-order chi connectivity index (χ1) is 6.38. The summed E-state index contributed by atoms with van der Waals surface area (Å²) in [6.07, 6.45) is 0. The van der Waals surface area contributed by atoms with Crippen LogP contribution in [0.2, 0.25) is 0 Å². The topological polar surface area (TPSA) is 45.0 Å². The molecule has 1 N–H and O–H groups in total. The predicted molar refractivity (Wildman–Crippen MR) is 49.8 cm³/mol. The third-order valence-electron chi connectivity index (χ3n) is 1.79. The van der Waals surface area contributed by atoms with Crippen LogP contribution < -0.4 is 5.48 Å². The Morgan fingerprint density at radius 1 is 1.46 bits per heavy atom. The number of hydroxylamine groups is 1. The van der Waals surface area contributed by atoms with Crippen molar-refractivity contribution in [1.82, 2.24) is 5.48 Å². The van der Waals surface area contributed by atoms with E-state index in [1.54, 1.807) is 7.11 Å². The summed E-state index contributed by atoms with van der Waals surface area (Å²) in [6.45, 7) is 0.511. The van der Waals surface area contributed by atoms with E-state index < -0.39 is 0 Å². The van der Waals surface area contributed by atoms with Crippen molar-refractivity contribution >= 4 is 0 Å². The summed E-state index contributed by atoms with van der Waals surface area (Å²) in [5.41, 5.74) is 3.68. The van der Waals surface area contributed by atoms with Gasteiger partial charge in [0.15, 0.2) is 0 Å². The Kier molecular flexibility index (Phi) is 3.97. The molecule has 0 amide bonds. The molecule has 0 spiro atoms. The van der Waals surface area contributed by atoms with Crippen molar-refractivity contribution < 1.29 is 4.84 Å². The fourth-order valence-electron chi connectivity index (χ4n) is 1.09. The molecule has 0 aliphatic heterocycles. The maximum Gasteiger partial charge on any atom is 0.0860 e. The molecule has 0 fully saturated rings. The molecule has 68 valence electrons. The number of nitriles is 1. The van der Waals surface area contributed by atoms with Crippen LogP contribution in [0.1, 0.15) is 11.5 Å². The zero-order chi connectivity index (χ0) is 9.52. The lowest BCUT2D eigenvalue weighted by molar-refractivity contribution is 0.0904. The van der Waals surface area contributed by atoms with Gasteiger partial charge < -0.3 is 4.84 Å². The first-order valence-electron chi connectivity index (χ1n) is 4.09. The normalized spacial score (nSPS) is 12.0. The molecule has 0 aliphatic carbocycles. The van der Waals surface area contributed by atoms with Crippen molar-refractivity contribution in [3.8, 4) is 6.07 Å². The maximum absolute atomic E-state index is 8.86. The zero-order valence-corrected chi connectivity index (χ0v) is 7.53. The van der Waals surface area contributed by atoms with Crippen molar-refractivity contribution in [2.24, 2.45) is 0 Å². The molecule has 1 aromatic carbocycles. The van der Waals surface area contributed by atoms with Crippen molar-refractivity contribution in [2.75, 3.05) is 13.7 Å². The van der Waals surface area contributed by atoms with Crippen LogP contribution in [-0.2, 0) is 4.84 Å². The first kappa shape index (κ1) is 9.72. The monoisotopic (exact) mass is 176 g/mol. The van der Waals surface area contributed by atoms with Gasteiger partial charge in [0, 0.05) is 6.54 Å². The summed E-state index contributed by atoms with van der Waals surface area (Å²) < 4.78 is 0. The Morgan fingerprint density at radius 3 is 2.69 bits per heavy atom.